The molecular formula is C17H10BrF3O4. The van der Waals surface area contributed by atoms with Gasteiger partial charge in [0.15, 0.2) is 28.8 Å². The molecule has 0 saturated heterocycles. The fourth-order valence-electron chi connectivity index (χ4n) is 1.79. The van der Waals surface area contributed by atoms with Gasteiger partial charge in [-0.15, -0.1) is 0 Å². The van der Waals surface area contributed by atoms with E-state index in [2.05, 4.69) is 15.9 Å². The maximum absolute atomic E-state index is 12.3. The Morgan fingerprint density at radius 3 is 1.76 bits per heavy atom. The highest BCUT2D eigenvalue weighted by Gasteiger charge is 2.30. The summed E-state index contributed by atoms with van der Waals surface area (Å²) in [7, 11) is 0. The summed E-state index contributed by atoms with van der Waals surface area (Å²) in [5, 5.41) is 0. The minimum atomic E-state index is -4.35. The van der Waals surface area contributed by atoms with E-state index < -0.39 is 11.7 Å². The molecule has 3 aromatic rings. The second-order valence-electron chi connectivity index (χ2n) is 4.65. The molecule has 25 heavy (non-hydrogen) atoms. The molecule has 0 aliphatic heterocycles. The molecule has 0 saturated carbocycles. The first kappa shape index (κ1) is 18.7. The van der Waals surface area contributed by atoms with E-state index in [0.717, 1.165) is 12.1 Å². The first-order valence-electron chi connectivity index (χ1n) is 6.76. The van der Waals surface area contributed by atoms with Crippen LogP contribution >= 0.6 is 15.9 Å². The third-order valence-electron chi connectivity index (χ3n) is 2.95. The zero-order valence-electron chi connectivity index (χ0n) is 12.4. The second kappa shape index (κ2) is 7.98. The van der Waals surface area contributed by atoms with Crippen LogP contribution in [0.2, 0.25) is 0 Å². The summed E-state index contributed by atoms with van der Waals surface area (Å²) in [5.74, 6) is 0.845. The Morgan fingerprint density at radius 1 is 0.800 bits per heavy atom. The number of carbonyl (C=O) groups excluding carboxylic acids is 2. The Kier molecular flexibility index (Phi) is 5.97. The van der Waals surface area contributed by atoms with Gasteiger partial charge >= 0.3 is 6.18 Å². The first-order chi connectivity index (χ1) is 11.8. The molecule has 2 aromatic heterocycles. The number of rotatable bonds is 3. The van der Waals surface area contributed by atoms with Crippen molar-refractivity contribution in [2.45, 2.75) is 6.18 Å². The topological polar surface area (TPSA) is 60.4 Å². The first-order valence-corrected chi connectivity index (χ1v) is 7.56. The van der Waals surface area contributed by atoms with Gasteiger partial charge in [-0.1, -0.05) is 12.1 Å². The maximum Gasteiger partial charge on any atom is 0.416 e. The molecule has 0 unspecified atom stereocenters. The van der Waals surface area contributed by atoms with E-state index in [0.29, 0.717) is 34.3 Å². The fourth-order valence-corrected chi connectivity index (χ4v) is 2.11. The number of hydrogen-bond donors (Lipinski definition) is 0. The third kappa shape index (κ3) is 5.18. The van der Waals surface area contributed by atoms with Crippen LogP contribution in [0.25, 0.3) is 11.3 Å². The molecule has 0 bridgehead atoms. The van der Waals surface area contributed by atoms with Crippen molar-refractivity contribution in [3.05, 3.63) is 70.3 Å². The van der Waals surface area contributed by atoms with Gasteiger partial charge in [-0.25, -0.2) is 0 Å². The molecule has 8 heteroatoms. The molecule has 0 N–H and O–H groups in total. The van der Waals surface area contributed by atoms with Crippen LogP contribution in [0.4, 0.5) is 13.2 Å². The Morgan fingerprint density at radius 2 is 1.36 bits per heavy atom. The molecular weight excluding hydrogens is 405 g/mol. The Hall–Kier alpha value is -2.61. The molecule has 0 aliphatic rings. The lowest BCUT2D eigenvalue weighted by molar-refractivity contribution is -0.137. The predicted molar refractivity (Wildman–Crippen MR) is 86.3 cm³/mol. The van der Waals surface area contributed by atoms with Crippen LogP contribution in [0.1, 0.15) is 26.7 Å². The quantitative estimate of drug-likeness (QED) is 0.520. The summed E-state index contributed by atoms with van der Waals surface area (Å²) in [6, 6.07) is 10.8. The van der Waals surface area contributed by atoms with Gasteiger partial charge in [-0.2, -0.15) is 13.2 Å². The highest BCUT2D eigenvalue weighted by atomic mass is 79.9. The second-order valence-corrected chi connectivity index (χ2v) is 5.44. The van der Waals surface area contributed by atoms with Gasteiger partial charge in [0.25, 0.3) is 0 Å². The normalized spacial score (nSPS) is 10.7. The zero-order valence-corrected chi connectivity index (χ0v) is 14.0. The van der Waals surface area contributed by atoms with Crippen molar-refractivity contribution < 1.29 is 31.6 Å². The average Bonchev–Trinajstić information content (AvgIpc) is 3.23. The molecule has 0 fully saturated rings. The van der Waals surface area contributed by atoms with Gasteiger partial charge in [0, 0.05) is 5.56 Å². The van der Waals surface area contributed by atoms with Crippen LogP contribution in [0.15, 0.2) is 62.0 Å². The predicted octanol–water partition coefficient (Wildman–Crippen LogP) is 5.63. The van der Waals surface area contributed by atoms with Crippen molar-refractivity contribution in [3.8, 4) is 11.3 Å². The summed E-state index contributed by atoms with van der Waals surface area (Å²) in [4.78, 5) is 20.3. The van der Waals surface area contributed by atoms with Gasteiger partial charge in [0.1, 0.15) is 5.76 Å². The Balaban J connectivity index is 0.000000236. The Bertz CT molecular complexity index is 847. The molecule has 2 heterocycles. The summed E-state index contributed by atoms with van der Waals surface area (Å²) < 4.78 is 47.4. The summed E-state index contributed by atoms with van der Waals surface area (Å²) >= 11 is 3.05. The number of benzene rings is 1. The van der Waals surface area contributed by atoms with Gasteiger partial charge in [0.05, 0.1) is 5.56 Å². The molecule has 3 rings (SSSR count). The maximum atomic E-state index is 12.3. The Labute approximate surface area is 148 Å². The number of furan rings is 2. The van der Waals surface area contributed by atoms with Gasteiger partial charge in [0.2, 0.25) is 0 Å². The standard InChI is InChI=1S/C12H7F3O2.C5H3BrO2/c13-12(14,15)9-3-1-8(2-4-9)11-6-5-10(7-16)17-11;6-5-2-1-4(3-7)8-5/h1-7H;1-3H. The van der Waals surface area contributed by atoms with E-state index in [1.807, 2.05) is 0 Å². The van der Waals surface area contributed by atoms with Crippen LogP contribution in [-0.2, 0) is 6.18 Å². The van der Waals surface area contributed by atoms with Crippen LogP contribution in [0.5, 0.6) is 0 Å². The largest absolute Gasteiger partial charge is 0.453 e. The molecule has 0 spiro atoms. The molecule has 1 aromatic carbocycles. The van der Waals surface area contributed by atoms with Gasteiger partial charge in [-0.05, 0) is 52.3 Å². The number of hydrogen-bond acceptors (Lipinski definition) is 4. The van der Waals surface area contributed by atoms with E-state index in [-0.39, 0.29) is 5.76 Å². The number of halogens is 4. The number of alkyl halides is 3. The lowest BCUT2D eigenvalue weighted by Crippen LogP contribution is -2.03. The lowest BCUT2D eigenvalue weighted by Gasteiger charge is -2.06. The van der Waals surface area contributed by atoms with Crippen LogP contribution in [0.3, 0.4) is 0 Å². The van der Waals surface area contributed by atoms with Crippen molar-refractivity contribution in [3.63, 3.8) is 0 Å². The van der Waals surface area contributed by atoms with Crippen molar-refractivity contribution >= 4 is 28.5 Å². The van der Waals surface area contributed by atoms with E-state index in [9.17, 15) is 22.8 Å². The fraction of sp³-hybridized carbons (Fsp3) is 0.0588. The lowest BCUT2D eigenvalue weighted by atomic mass is 10.1. The SMILES string of the molecule is O=Cc1ccc(-c2ccc(C(F)(F)F)cc2)o1.O=Cc1ccc(Br)o1. The minimum absolute atomic E-state index is 0.139. The highest BCUT2D eigenvalue weighted by Crippen LogP contribution is 2.31. The monoisotopic (exact) mass is 414 g/mol. The highest BCUT2D eigenvalue weighted by molar-refractivity contribution is 9.10. The van der Waals surface area contributed by atoms with Crippen LogP contribution in [-0.4, -0.2) is 12.6 Å². The zero-order chi connectivity index (χ0) is 18.4. The van der Waals surface area contributed by atoms with Gasteiger partial charge in [-0.3, -0.25) is 9.59 Å². The van der Waals surface area contributed by atoms with Crippen LogP contribution < -0.4 is 0 Å². The molecule has 0 atom stereocenters. The van der Waals surface area contributed by atoms with Crippen LogP contribution in [0, 0.1) is 0 Å². The molecule has 0 radical (unpaired) electrons. The smallest absolute Gasteiger partial charge is 0.416 e. The van der Waals surface area contributed by atoms with Crippen molar-refractivity contribution in [2.75, 3.05) is 0 Å². The number of carbonyl (C=O) groups is 2. The number of aldehydes is 2. The summed E-state index contributed by atoms with van der Waals surface area (Å²) in [5.41, 5.74) is -0.227. The van der Waals surface area contributed by atoms with E-state index in [1.54, 1.807) is 12.1 Å². The van der Waals surface area contributed by atoms with Crippen molar-refractivity contribution in [1.29, 1.82) is 0 Å². The van der Waals surface area contributed by atoms with Crippen molar-refractivity contribution in [2.24, 2.45) is 0 Å². The third-order valence-corrected chi connectivity index (χ3v) is 3.38. The van der Waals surface area contributed by atoms with E-state index in [4.69, 9.17) is 8.83 Å². The van der Waals surface area contributed by atoms with Crippen molar-refractivity contribution in [1.82, 2.24) is 0 Å². The molecule has 0 amide bonds. The molecule has 4 nitrogen and oxygen atoms in total. The summed E-state index contributed by atoms with van der Waals surface area (Å²) in [6.07, 6.45) is -3.16. The van der Waals surface area contributed by atoms with E-state index >= 15 is 0 Å². The average molecular weight is 415 g/mol. The molecule has 0 aliphatic carbocycles. The molecule has 130 valence electrons. The van der Waals surface area contributed by atoms with Gasteiger partial charge < -0.3 is 8.83 Å². The minimum Gasteiger partial charge on any atom is -0.453 e. The van der Waals surface area contributed by atoms with E-state index in [1.165, 1.54) is 24.3 Å². The summed E-state index contributed by atoms with van der Waals surface area (Å²) in [6.45, 7) is 0.